The van der Waals surface area contributed by atoms with E-state index in [4.69, 9.17) is 0 Å². The Hall–Kier alpha value is -2.19. The molecule has 0 fully saturated rings. The third-order valence-corrected chi connectivity index (χ3v) is 5.64. The second-order valence-corrected chi connectivity index (χ2v) is 7.70. The van der Waals surface area contributed by atoms with Crippen LogP contribution in [0, 0.1) is 0 Å². The van der Waals surface area contributed by atoms with Crippen molar-refractivity contribution >= 4 is 21.6 Å². The molecular formula is C15H18N4O3S. The molecule has 0 radical (unpaired) electrons. The summed E-state index contributed by atoms with van der Waals surface area (Å²) in [5.41, 5.74) is 2.36. The van der Waals surface area contributed by atoms with Gasteiger partial charge in [-0.1, -0.05) is 0 Å². The first-order valence-corrected chi connectivity index (χ1v) is 8.67. The maximum atomic E-state index is 12.7. The molecule has 0 aliphatic carbocycles. The number of aromatic nitrogens is 2. The number of amides is 1. The Morgan fingerprint density at radius 1 is 1.35 bits per heavy atom. The molecule has 23 heavy (non-hydrogen) atoms. The number of carbonyl (C=O) groups is 1. The molecule has 1 aliphatic heterocycles. The zero-order valence-corrected chi connectivity index (χ0v) is 13.8. The van der Waals surface area contributed by atoms with Crippen LogP contribution in [0.3, 0.4) is 0 Å². The summed E-state index contributed by atoms with van der Waals surface area (Å²) in [6.45, 7) is 0.254. The number of anilines is 1. The van der Waals surface area contributed by atoms with Crippen molar-refractivity contribution in [2.45, 2.75) is 24.3 Å². The predicted molar refractivity (Wildman–Crippen MR) is 85.3 cm³/mol. The number of nitrogens with one attached hydrogen (secondary N) is 1. The van der Waals surface area contributed by atoms with Crippen LogP contribution in [0.2, 0.25) is 0 Å². The lowest BCUT2D eigenvalue weighted by Gasteiger charge is -2.20. The SMILES string of the molecule is CN(Cc1cnn(C)c1)S(=O)(=O)c1ccc2c(c1)CCC(=O)N2. The second kappa shape index (κ2) is 5.78. The highest BCUT2D eigenvalue weighted by Gasteiger charge is 2.24. The maximum Gasteiger partial charge on any atom is 0.243 e. The molecule has 0 bridgehead atoms. The molecule has 1 N–H and O–H groups in total. The number of fused-ring (bicyclic) bond motifs is 1. The van der Waals surface area contributed by atoms with E-state index in [1.807, 2.05) is 0 Å². The maximum absolute atomic E-state index is 12.7. The molecule has 8 heteroatoms. The van der Waals surface area contributed by atoms with Crippen LogP contribution in [0.5, 0.6) is 0 Å². The van der Waals surface area contributed by atoms with E-state index < -0.39 is 10.0 Å². The van der Waals surface area contributed by atoms with Crippen molar-refractivity contribution < 1.29 is 13.2 Å². The molecule has 2 aromatic rings. The molecular weight excluding hydrogens is 316 g/mol. The number of carbonyl (C=O) groups excluding carboxylic acids is 1. The van der Waals surface area contributed by atoms with E-state index in [1.54, 1.807) is 43.3 Å². The van der Waals surface area contributed by atoms with Gasteiger partial charge in [0, 0.05) is 44.5 Å². The van der Waals surface area contributed by atoms with E-state index in [9.17, 15) is 13.2 Å². The molecule has 0 spiro atoms. The van der Waals surface area contributed by atoms with Crippen molar-refractivity contribution in [3.05, 3.63) is 41.7 Å². The van der Waals surface area contributed by atoms with Gasteiger partial charge < -0.3 is 5.32 Å². The second-order valence-electron chi connectivity index (χ2n) is 5.65. The first-order valence-electron chi connectivity index (χ1n) is 7.23. The molecule has 2 heterocycles. The van der Waals surface area contributed by atoms with Gasteiger partial charge in [-0.3, -0.25) is 9.48 Å². The van der Waals surface area contributed by atoms with Crippen LogP contribution >= 0.6 is 0 Å². The number of sulfonamides is 1. The number of nitrogens with zero attached hydrogens (tertiary/aromatic N) is 3. The average molecular weight is 334 g/mol. The molecule has 0 saturated heterocycles. The standard InChI is InChI=1S/C15H18N4O3S/c1-18-9-11(8-16-18)10-19(2)23(21,22)13-4-5-14-12(7-13)3-6-15(20)17-14/h4-5,7-9H,3,6,10H2,1-2H3,(H,17,20). The van der Waals surface area contributed by atoms with Crippen molar-refractivity contribution in [3.8, 4) is 0 Å². The Morgan fingerprint density at radius 3 is 2.83 bits per heavy atom. The minimum atomic E-state index is -3.59. The molecule has 3 rings (SSSR count). The summed E-state index contributed by atoms with van der Waals surface area (Å²) in [5, 5.41) is 6.80. The molecule has 1 aromatic carbocycles. The van der Waals surface area contributed by atoms with Crippen LogP contribution in [0.1, 0.15) is 17.5 Å². The smallest absolute Gasteiger partial charge is 0.243 e. The third-order valence-electron chi connectivity index (χ3n) is 3.84. The van der Waals surface area contributed by atoms with Gasteiger partial charge in [0.2, 0.25) is 15.9 Å². The molecule has 0 atom stereocenters. The quantitative estimate of drug-likeness (QED) is 0.908. The van der Waals surface area contributed by atoms with Crippen LogP contribution in [0.25, 0.3) is 0 Å². The van der Waals surface area contributed by atoms with Crippen molar-refractivity contribution in [2.24, 2.45) is 7.05 Å². The number of aryl methyl sites for hydroxylation is 2. The molecule has 0 unspecified atom stereocenters. The Balaban J connectivity index is 1.85. The van der Waals surface area contributed by atoms with E-state index in [-0.39, 0.29) is 17.3 Å². The van der Waals surface area contributed by atoms with Gasteiger partial charge in [-0.25, -0.2) is 8.42 Å². The molecule has 1 amide bonds. The summed E-state index contributed by atoms with van der Waals surface area (Å²) in [6.07, 6.45) is 4.36. The van der Waals surface area contributed by atoms with Gasteiger partial charge in [0.1, 0.15) is 0 Å². The zero-order valence-electron chi connectivity index (χ0n) is 13.0. The van der Waals surface area contributed by atoms with Crippen molar-refractivity contribution in [2.75, 3.05) is 12.4 Å². The van der Waals surface area contributed by atoms with Crippen LogP contribution < -0.4 is 5.32 Å². The highest BCUT2D eigenvalue weighted by Crippen LogP contribution is 2.27. The van der Waals surface area contributed by atoms with Gasteiger partial charge in [0.25, 0.3) is 0 Å². The fourth-order valence-electron chi connectivity index (χ4n) is 2.60. The fourth-order valence-corrected chi connectivity index (χ4v) is 3.81. The fraction of sp³-hybridized carbons (Fsp3) is 0.333. The number of hydrogen-bond acceptors (Lipinski definition) is 4. The minimum absolute atomic E-state index is 0.0400. The number of rotatable bonds is 4. The minimum Gasteiger partial charge on any atom is -0.326 e. The van der Waals surface area contributed by atoms with Crippen molar-refractivity contribution in [1.82, 2.24) is 14.1 Å². The first-order chi connectivity index (χ1) is 10.9. The summed E-state index contributed by atoms with van der Waals surface area (Å²) >= 11 is 0. The molecule has 7 nitrogen and oxygen atoms in total. The number of hydrogen-bond donors (Lipinski definition) is 1. The van der Waals surface area contributed by atoms with Gasteiger partial charge in [-0.05, 0) is 30.2 Å². The topological polar surface area (TPSA) is 84.3 Å². The van der Waals surface area contributed by atoms with Gasteiger partial charge >= 0.3 is 0 Å². The van der Waals surface area contributed by atoms with Crippen LogP contribution in [0.4, 0.5) is 5.69 Å². The van der Waals surface area contributed by atoms with E-state index in [0.717, 1.165) is 11.1 Å². The highest BCUT2D eigenvalue weighted by molar-refractivity contribution is 7.89. The Labute approximate surface area is 135 Å². The first kappa shape index (κ1) is 15.7. The monoisotopic (exact) mass is 334 g/mol. The summed E-state index contributed by atoms with van der Waals surface area (Å²) in [4.78, 5) is 11.6. The number of benzene rings is 1. The van der Waals surface area contributed by atoms with Crippen LogP contribution in [0.15, 0.2) is 35.5 Å². The van der Waals surface area contributed by atoms with Gasteiger partial charge in [-0.2, -0.15) is 9.40 Å². The lowest BCUT2D eigenvalue weighted by Crippen LogP contribution is -2.27. The van der Waals surface area contributed by atoms with E-state index in [1.165, 1.54) is 10.4 Å². The van der Waals surface area contributed by atoms with E-state index in [2.05, 4.69) is 10.4 Å². The summed E-state index contributed by atoms with van der Waals surface area (Å²) < 4.78 is 28.3. The Bertz CT molecular complexity index is 857. The largest absolute Gasteiger partial charge is 0.326 e. The van der Waals surface area contributed by atoms with E-state index in [0.29, 0.717) is 18.5 Å². The van der Waals surface area contributed by atoms with Crippen LogP contribution in [-0.4, -0.2) is 35.5 Å². The highest BCUT2D eigenvalue weighted by atomic mass is 32.2. The van der Waals surface area contributed by atoms with Gasteiger partial charge in [-0.15, -0.1) is 0 Å². The van der Waals surface area contributed by atoms with E-state index >= 15 is 0 Å². The van der Waals surface area contributed by atoms with Gasteiger partial charge in [0.05, 0.1) is 11.1 Å². The normalized spacial score (nSPS) is 14.7. The summed E-state index contributed by atoms with van der Waals surface area (Å²) in [5.74, 6) is -0.0400. The average Bonchev–Trinajstić information content (AvgIpc) is 2.91. The van der Waals surface area contributed by atoms with Crippen LogP contribution in [-0.2, 0) is 34.8 Å². The molecule has 1 aromatic heterocycles. The lowest BCUT2D eigenvalue weighted by molar-refractivity contribution is -0.116. The van der Waals surface area contributed by atoms with Crippen molar-refractivity contribution in [1.29, 1.82) is 0 Å². The predicted octanol–water partition coefficient (Wildman–Crippen LogP) is 1.13. The molecule has 122 valence electrons. The summed E-state index contributed by atoms with van der Waals surface area (Å²) in [7, 11) is -0.259. The zero-order chi connectivity index (χ0) is 16.6. The Kier molecular flexibility index (Phi) is 3.95. The Morgan fingerprint density at radius 2 is 2.13 bits per heavy atom. The lowest BCUT2D eigenvalue weighted by atomic mass is 10.0. The molecule has 1 aliphatic rings. The molecule has 0 saturated carbocycles. The van der Waals surface area contributed by atoms with Gasteiger partial charge in [0.15, 0.2) is 0 Å². The summed E-state index contributed by atoms with van der Waals surface area (Å²) in [6, 6.07) is 4.82. The van der Waals surface area contributed by atoms with Crippen molar-refractivity contribution in [3.63, 3.8) is 0 Å². The third kappa shape index (κ3) is 3.13.